The van der Waals surface area contributed by atoms with Gasteiger partial charge in [0.2, 0.25) is 0 Å². The van der Waals surface area contributed by atoms with Crippen LogP contribution in [-0.4, -0.2) is 19.5 Å². The van der Waals surface area contributed by atoms with E-state index < -0.39 is 0 Å². The van der Waals surface area contributed by atoms with Gasteiger partial charge in [-0.05, 0) is 6.42 Å². The smallest absolute Gasteiger partial charge is 0.148 e. The zero-order valence-corrected chi connectivity index (χ0v) is 14.6. The summed E-state index contributed by atoms with van der Waals surface area (Å²) in [5, 5.41) is 0. The van der Waals surface area contributed by atoms with Gasteiger partial charge in [0.25, 0.3) is 0 Å². The molecule has 2 heteroatoms. The highest BCUT2D eigenvalue weighted by molar-refractivity contribution is 5.55. The third kappa shape index (κ3) is 15.8. The van der Waals surface area contributed by atoms with Crippen LogP contribution in [0.15, 0.2) is 0 Å². The first-order valence-corrected chi connectivity index (χ1v) is 9.33. The van der Waals surface area contributed by atoms with Crippen LogP contribution in [0, 0.1) is 0 Å². The van der Waals surface area contributed by atoms with Gasteiger partial charge in [-0.15, -0.1) is 0 Å². The molecule has 0 aromatic heterocycles. The van der Waals surface area contributed by atoms with E-state index in [9.17, 15) is 4.79 Å². The molecule has 0 saturated carbocycles. The molecule has 21 heavy (non-hydrogen) atoms. The maximum absolute atomic E-state index is 10.6. The van der Waals surface area contributed by atoms with Gasteiger partial charge in [-0.2, -0.15) is 0 Å². The van der Waals surface area contributed by atoms with Crippen LogP contribution < -0.4 is 0 Å². The Hall–Kier alpha value is -0.370. The Kier molecular flexibility index (Phi) is 17.4. The van der Waals surface area contributed by atoms with Crippen molar-refractivity contribution in [3.63, 3.8) is 0 Å². The number of rotatable bonds is 17. The Labute approximate surface area is 133 Å². The van der Waals surface area contributed by atoms with Crippen molar-refractivity contribution in [3.8, 4) is 0 Å². The Balaban J connectivity index is 3.04. The Morgan fingerprint density at radius 1 is 0.714 bits per heavy atom. The summed E-state index contributed by atoms with van der Waals surface area (Å²) in [5.41, 5.74) is 0. The second-order valence-corrected chi connectivity index (χ2v) is 6.30. The van der Waals surface area contributed by atoms with E-state index >= 15 is 0 Å². The molecule has 0 fully saturated rings. The number of hydrogen-bond donors (Lipinski definition) is 0. The van der Waals surface area contributed by atoms with Crippen LogP contribution in [0.4, 0.5) is 0 Å². The number of aldehydes is 1. The molecule has 0 aliphatic carbocycles. The second kappa shape index (κ2) is 17.7. The topological polar surface area (TPSA) is 26.3 Å². The molecule has 0 aliphatic heterocycles. The normalized spacial score (nSPS) is 12.5. The van der Waals surface area contributed by atoms with Crippen LogP contribution in [0.25, 0.3) is 0 Å². The number of carbonyl (C=O) groups excluding carboxylic acids is 1. The second-order valence-electron chi connectivity index (χ2n) is 6.30. The predicted octanol–water partition coefficient (Wildman–Crippen LogP) is 6.07. The maximum Gasteiger partial charge on any atom is 0.148 e. The number of methoxy groups -OCH3 is 1. The van der Waals surface area contributed by atoms with Crippen molar-refractivity contribution >= 4 is 6.29 Å². The Morgan fingerprint density at radius 3 is 1.43 bits per heavy atom. The van der Waals surface area contributed by atoms with E-state index in [1.807, 2.05) is 0 Å². The standard InChI is InChI=1S/C19H38O2/c1-3-4-5-6-7-8-9-10-11-12-13-14-15-16-17-19(18-20)21-2/h18-19H,3-17H2,1-2H3. The number of unbranched alkanes of at least 4 members (excludes halogenated alkanes) is 13. The highest BCUT2D eigenvalue weighted by Crippen LogP contribution is 2.13. The van der Waals surface area contributed by atoms with Gasteiger partial charge in [-0.1, -0.05) is 96.8 Å². The summed E-state index contributed by atoms with van der Waals surface area (Å²) < 4.78 is 5.04. The summed E-state index contributed by atoms with van der Waals surface area (Å²) in [5.74, 6) is 0. The summed E-state index contributed by atoms with van der Waals surface area (Å²) >= 11 is 0. The number of carbonyl (C=O) groups is 1. The molecule has 0 rings (SSSR count). The molecular formula is C19H38O2. The molecule has 0 aliphatic rings. The lowest BCUT2D eigenvalue weighted by molar-refractivity contribution is -0.116. The molecule has 0 radical (unpaired) electrons. The summed E-state index contributed by atoms with van der Waals surface area (Å²) in [4.78, 5) is 10.6. The van der Waals surface area contributed by atoms with Crippen molar-refractivity contribution < 1.29 is 9.53 Å². The lowest BCUT2D eigenvalue weighted by Gasteiger charge is -2.07. The van der Waals surface area contributed by atoms with Crippen LogP contribution in [0.5, 0.6) is 0 Å². The van der Waals surface area contributed by atoms with Crippen molar-refractivity contribution in [2.45, 2.75) is 109 Å². The van der Waals surface area contributed by atoms with E-state index in [0.29, 0.717) is 0 Å². The van der Waals surface area contributed by atoms with Gasteiger partial charge >= 0.3 is 0 Å². The Morgan fingerprint density at radius 2 is 1.10 bits per heavy atom. The molecule has 0 bridgehead atoms. The molecule has 1 unspecified atom stereocenters. The molecule has 0 saturated heterocycles. The largest absolute Gasteiger partial charge is 0.374 e. The van der Waals surface area contributed by atoms with E-state index in [2.05, 4.69) is 6.92 Å². The van der Waals surface area contributed by atoms with Crippen LogP contribution in [0.1, 0.15) is 103 Å². The van der Waals surface area contributed by atoms with Gasteiger partial charge in [0.1, 0.15) is 12.4 Å². The highest BCUT2D eigenvalue weighted by Gasteiger charge is 2.03. The third-order valence-corrected chi connectivity index (χ3v) is 4.30. The average Bonchev–Trinajstić information content (AvgIpc) is 2.51. The van der Waals surface area contributed by atoms with Crippen molar-refractivity contribution in [1.82, 2.24) is 0 Å². The van der Waals surface area contributed by atoms with Crippen molar-refractivity contribution in [2.24, 2.45) is 0 Å². The molecule has 2 nitrogen and oxygen atoms in total. The van der Waals surface area contributed by atoms with Gasteiger partial charge in [0.15, 0.2) is 0 Å². The number of ether oxygens (including phenoxy) is 1. The lowest BCUT2D eigenvalue weighted by Crippen LogP contribution is -2.11. The summed E-state index contributed by atoms with van der Waals surface area (Å²) in [6, 6.07) is 0. The fourth-order valence-electron chi connectivity index (χ4n) is 2.78. The van der Waals surface area contributed by atoms with Crippen LogP contribution in [0.2, 0.25) is 0 Å². The number of hydrogen-bond acceptors (Lipinski definition) is 2. The Bertz CT molecular complexity index is 204. The van der Waals surface area contributed by atoms with E-state index in [4.69, 9.17) is 4.74 Å². The van der Waals surface area contributed by atoms with Crippen molar-refractivity contribution in [2.75, 3.05) is 7.11 Å². The summed E-state index contributed by atoms with van der Waals surface area (Å²) in [6.45, 7) is 2.28. The molecule has 0 spiro atoms. The highest BCUT2D eigenvalue weighted by atomic mass is 16.5. The quantitative estimate of drug-likeness (QED) is 0.240. The minimum atomic E-state index is -0.178. The molecular weight excluding hydrogens is 260 g/mol. The van der Waals surface area contributed by atoms with Crippen molar-refractivity contribution in [3.05, 3.63) is 0 Å². The fourth-order valence-corrected chi connectivity index (χ4v) is 2.78. The predicted molar refractivity (Wildman–Crippen MR) is 91.8 cm³/mol. The third-order valence-electron chi connectivity index (χ3n) is 4.30. The summed E-state index contributed by atoms with van der Waals surface area (Å²) in [7, 11) is 1.61. The average molecular weight is 299 g/mol. The van der Waals surface area contributed by atoms with Gasteiger partial charge in [0.05, 0.1) is 0 Å². The van der Waals surface area contributed by atoms with E-state index in [-0.39, 0.29) is 6.10 Å². The minimum absolute atomic E-state index is 0.178. The SMILES string of the molecule is CCCCCCCCCCCCCCCCC(C=O)OC. The summed E-state index contributed by atoms with van der Waals surface area (Å²) in [6.07, 6.45) is 20.8. The van der Waals surface area contributed by atoms with Crippen LogP contribution >= 0.6 is 0 Å². The molecule has 0 heterocycles. The van der Waals surface area contributed by atoms with E-state index in [1.165, 1.54) is 83.5 Å². The zero-order valence-electron chi connectivity index (χ0n) is 14.6. The van der Waals surface area contributed by atoms with Crippen LogP contribution in [-0.2, 0) is 9.53 Å². The monoisotopic (exact) mass is 298 g/mol. The zero-order chi connectivity index (χ0) is 15.6. The first-order chi connectivity index (χ1) is 10.3. The van der Waals surface area contributed by atoms with E-state index in [0.717, 1.165) is 19.1 Å². The molecule has 126 valence electrons. The van der Waals surface area contributed by atoms with Crippen molar-refractivity contribution in [1.29, 1.82) is 0 Å². The first kappa shape index (κ1) is 20.6. The molecule has 0 N–H and O–H groups in total. The molecule has 0 aromatic carbocycles. The van der Waals surface area contributed by atoms with Gasteiger partial charge in [-0.25, -0.2) is 0 Å². The minimum Gasteiger partial charge on any atom is -0.374 e. The fraction of sp³-hybridized carbons (Fsp3) is 0.947. The molecule has 0 amide bonds. The van der Waals surface area contributed by atoms with E-state index in [1.54, 1.807) is 7.11 Å². The van der Waals surface area contributed by atoms with Gasteiger partial charge in [0, 0.05) is 7.11 Å². The molecule has 1 atom stereocenters. The first-order valence-electron chi connectivity index (χ1n) is 9.33. The van der Waals surface area contributed by atoms with Gasteiger partial charge in [-0.3, -0.25) is 0 Å². The van der Waals surface area contributed by atoms with Gasteiger partial charge < -0.3 is 9.53 Å². The molecule has 0 aromatic rings. The van der Waals surface area contributed by atoms with Crippen LogP contribution in [0.3, 0.4) is 0 Å². The maximum atomic E-state index is 10.6. The lowest BCUT2D eigenvalue weighted by atomic mass is 10.0.